The molecule has 4 heteroatoms. The molecule has 2 aromatic rings. The predicted octanol–water partition coefficient (Wildman–Crippen LogP) is 1.13. The van der Waals surface area contributed by atoms with Gasteiger partial charge in [0.2, 0.25) is 0 Å². The molecule has 0 amide bonds. The Morgan fingerprint density at radius 2 is 2.46 bits per heavy atom. The van der Waals surface area contributed by atoms with Gasteiger partial charge >= 0.3 is 0 Å². The van der Waals surface area contributed by atoms with Crippen LogP contribution in [-0.4, -0.2) is 9.38 Å². The van der Waals surface area contributed by atoms with Crippen molar-refractivity contribution in [1.29, 1.82) is 0 Å². The average molecular weight is 190 g/mol. The quantitative estimate of drug-likeness (QED) is 0.583. The van der Waals surface area contributed by atoms with Gasteiger partial charge in [-0.2, -0.15) is 0 Å². The molecule has 0 bridgehead atoms. The minimum absolute atomic E-state index is 0.0644. The summed E-state index contributed by atoms with van der Waals surface area (Å²) in [6.45, 7) is 1.76. The van der Waals surface area contributed by atoms with Crippen molar-refractivity contribution in [2.75, 3.05) is 0 Å². The monoisotopic (exact) mass is 190 g/mol. The van der Waals surface area contributed by atoms with Crippen molar-refractivity contribution < 1.29 is 0 Å². The fourth-order valence-corrected chi connectivity index (χ4v) is 1.88. The fraction of sp³-hybridized carbons (Fsp3) is 0.111. The van der Waals surface area contributed by atoms with Crippen LogP contribution in [0.25, 0.3) is 4.96 Å². The molecule has 0 saturated heterocycles. The van der Waals surface area contributed by atoms with E-state index in [4.69, 9.17) is 0 Å². The molecule has 0 aliphatic heterocycles. The molecule has 0 saturated carbocycles. The number of rotatable bonds is 0. The number of nitrogens with zero attached hydrogens (tertiary/aromatic N) is 2. The maximum Gasteiger partial charge on any atom is 0.258 e. The van der Waals surface area contributed by atoms with Gasteiger partial charge in [-0.25, -0.2) is 4.98 Å². The average Bonchev–Trinajstić information content (AvgIpc) is 2.49. The molecule has 0 aliphatic rings. The summed E-state index contributed by atoms with van der Waals surface area (Å²) in [4.78, 5) is 16.9. The molecule has 0 spiro atoms. The largest absolute Gasteiger partial charge is 0.269 e. The lowest BCUT2D eigenvalue weighted by atomic mass is 10.5. The van der Waals surface area contributed by atoms with Gasteiger partial charge in [0.05, 0.1) is 4.88 Å². The topological polar surface area (TPSA) is 34.4 Å². The highest BCUT2D eigenvalue weighted by atomic mass is 32.1. The first-order chi connectivity index (χ1) is 6.31. The lowest BCUT2D eigenvalue weighted by molar-refractivity contribution is 1.08. The maximum absolute atomic E-state index is 11.3. The van der Waals surface area contributed by atoms with Crippen molar-refractivity contribution in [3.8, 4) is 11.8 Å². The highest BCUT2D eigenvalue weighted by Gasteiger charge is 2.00. The lowest BCUT2D eigenvalue weighted by Crippen LogP contribution is -2.09. The van der Waals surface area contributed by atoms with E-state index >= 15 is 0 Å². The Labute approximate surface area is 78.7 Å². The first-order valence-electron chi connectivity index (χ1n) is 3.71. The second-order valence-electron chi connectivity index (χ2n) is 2.41. The zero-order valence-corrected chi connectivity index (χ0v) is 7.76. The molecule has 2 heterocycles. The highest BCUT2D eigenvalue weighted by Crippen LogP contribution is 2.11. The first kappa shape index (κ1) is 8.02. The zero-order valence-electron chi connectivity index (χ0n) is 6.94. The second kappa shape index (κ2) is 3.04. The van der Waals surface area contributed by atoms with Crippen molar-refractivity contribution in [3.63, 3.8) is 0 Å². The van der Waals surface area contributed by atoms with E-state index in [-0.39, 0.29) is 5.56 Å². The van der Waals surface area contributed by atoms with Crippen LogP contribution in [0.3, 0.4) is 0 Å². The zero-order chi connectivity index (χ0) is 9.26. The van der Waals surface area contributed by atoms with Crippen molar-refractivity contribution in [3.05, 3.63) is 33.7 Å². The Kier molecular flexibility index (Phi) is 1.87. The summed E-state index contributed by atoms with van der Waals surface area (Å²) in [5.74, 6) is 5.67. The van der Waals surface area contributed by atoms with Gasteiger partial charge in [-0.1, -0.05) is 17.3 Å². The molecule has 2 rings (SSSR count). The van der Waals surface area contributed by atoms with Crippen LogP contribution in [-0.2, 0) is 0 Å². The highest BCUT2D eigenvalue weighted by molar-refractivity contribution is 7.17. The maximum atomic E-state index is 11.3. The number of aromatic nitrogens is 2. The second-order valence-corrected chi connectivity index (χ2v) is 3.42. The molecule has 0 radical (unpaired) electrons. The lowest BCUT2D eigenvalue weighted by Gasteiger charge is -1.85. The van der Waals surface area contributed by atoms with Gasteiger partial charge < -0.3 is 0 Å². The van der Waals surface area contributed by atoms with Gasteiger partial charge in [0.1, 0.15) is 0 Å². The van der Waals surface area contributed by atoms with Crippen LogP contribution in [0.5, 0.6) is 0 Å². The Balaban J connectivity index is 2.80. The third-order valence-electron chi connectivity index (χ3n) is 1.54. The minimum Gasteiger partial charge on any atom is -0.269 e. The van der Waals surface area contributed by atoms with E-state index < -0.39 is 0 Å². The molecule has 0 aromatic carbocycles. The van der Waals surface area contributed by atoms with Crippen molar-refractivity contribution in [2.45, 2.75) is 6.92 Å². The fourth-order valence-electron chi connectivity index (χ4n) is 1.02. The van der Waals surface area contributed by atoms with Crippen LogP contribution in [0.1, 0.15) is 11.8 Å². The van der Waals surface area contributed by atoms with E-state index in [2.05, 4.69) is 16.8 Å². The molecule has 0 N–H and O–H groups in total. The summed E-state index contributed by atoms with van der Waals surface area (Å²) in [6, 6.07) is 1.43. The van der Waals surface area contributed by atoms with E-state index in [1.54, 1.807) is 13.1 Å². The Hall–Kier alpha value is -1.60. The number of hydrogen-bond donors (Lipinski definition) is 0. The normalized spacial score (nSPS) is 9.62. The summed E-state index contributed by atoms with van der Waals surface area (Å²) < 4.78 is 1.50. The van der Waals surface area contributed by atoms with E-state index in [9.17, 15) is 4.79 Å². The van der Waals surface area contributed by atoms with Gasteiger partial charge in [0, 0.05) is 18.5 Å². The van der Waals surface area contributed by atoms with E-state index in [1.165, 1.54) is 28.0 Å². The third-order valence-corrected chi connectivity index (χ3v) is 2.45. The van der Waals surface area contributed by atoms with Crippen molar-refractivity contribution in [1.82, 2.24) is 9.38 Å². The molecule has 2 aromatic heterocycles. The number of hydrogen-bond acceptors (Lipinski definition) is 3. The Bertz CT molecular complexity index is 556. The standard InChI is InChI=1S/C9H6N2OS/c1-2-3-7-6-11-8(12)4-5-10-9(11)13-7/h4-6H,1H3. The summed E-state index contributed by atoms with van der Waals surface area (Å²) in [7, 11) is 0. The first-order valence-corrected chi connectivity index (χ1v) is 4.53. The minimum atomic E-state index is -0.0644. The van der Waals surface area contributed by atoms with Crippen LogP contribution in [0.2, 0.25) is 0 Å². The van der Waals surface area contributed by atoms with E-state index in [1.807, 2.05) is 0 Å². The van der Waals surface area contributed by atoms with Crippen molar-refractivity contribution >= 4 is 16.3 Å². The summed E-state index contributed by atoms with van der Waals surface area (Å²) in [6.07, 6.45) is 3.23. The molecule has 0 aliphatic carbocycles. The summed E-state index contributed by atoms with van der Waals surface area (Å²) >= 11 is 1.41. The molecule has 0 atom stereocenters. The van der Waals surface area contributed by atoms with E-state index in [0.717, 1.165) is 4.88 Å². The van der Waals surface area contributed by atoms with Crippen LogP contribution >= 0.6 is 11.3 Å². The number of thiazole rings is 1. The Morgan fingerprint density at radius 3 is 3.15 bits per heavy atom. The van der Waals surface area contributed by atoms with Crippen LogP contribution in [0.15, 0.2) is 23.3 Å². The molecule has 3 nitrogen and oxygen atoms in total. The third kappa shape index (κ3) is 1.34. The predicted molar refractivity (Wildman–Crippen MR) is 51.9 cm³/mol. The Morgan fingerprint density at radius 1 is 1.62 bits per heavy atom. The summed E-state index contributed by atoms with van der Waals surface area (Å²) in [5.41, 5.74) is -0.0644. The van der Waals surface area contributed by atoms with Gasteiger partial charge in [-0.15, -0.1) is 5.92 Å². The van der Waals surface area contributed by atoms with Gasteiger partial charge in [0.15, 0.2) is 4.96 Å². The summed E-state index contributed by atoms with van der Waals surface area (Å²) in [5, 5.41) is 0. The van der Waals surface area contributed by atoms with Crippen LogP contribution < -0.4 is 5.56 Å². The van der Waals surface area contributed by atoms with Crippen molar-refractivity contribution in [2.24, 2.45) is 0 Å². The molecular weight excluding hydrogens is 184 g/mol. The van der Waals surface area contributed by atoms with Gasteiger partial charge in [-0.05, 0) is 6.92 Å². The smallest absolute Gasteiger partial charge is 0.258 e. The molecular formula is C9H6N2OS. The van der Waals surface area contributed by atoms with E-state index in [0.29, 0.717) is 4.96 Å². The van der Waals surface area contributed by atoms with Crippen LogP contribution in [0, 0.1) is 11.8 Å². The molecule has 13 heavy (non-hydrogen) atoms. The number of fused-ring (bicyclic) bond motifs is 1. The molecule has 0 unspecified atom stereocenters. The SMILES string of the molecule is CC#Cc1cn2c(=O)ccnc2s1. The molecule has 0 fully saturated rings. The van der Waals surface area contributed by atoms with Gasteiger partial charge in [0.25, 0.3) is 5.56 Å². The van der Waals surface area contributed by atoms with Gasteiger partial charge in [-0.3, -0.25) is 9.20 Å². The molecule has 64 valence electrons. The van der Waals surface area contributed by atoms with Crippen LogP contribution in [0.4, 0.5) is 0 Å².